The van der Waals surface area contributed by atoms with E-state index in [1.807, 2.05) is 18.2 Å². The molecule has 0 radical (unpaired) electrons. The van der Waals surface area contributed by atoms with E-state index >= 15 is 0 Å². The average molecular weight is 366 g/mol. The second-order valence-electron chi connectivity index (χ2n) is 6.73. The van der Waals surface area contributed by atoms with Gasteiger partial charge in [-0.25, -0.2) is 9.78 Å². The molecule has 0 unspecified atom stereocenters. The molecule has 3 heterocycles. The molecule has 3 aromatic rings. The number of fused-ring (bicyclic) bond motifs is 1. The van der Waals surface area contributed by atoms with Crippen molar-refractivity contribution >= 4 is 22.8 Å². The van der Waals surface area contributed by atoms with Gasteiger partial charge < -0.3 is 14.6 Å². The number of hydrogen-bond acceptors (Lipinski definition) is 5. The van der Waals surface area contributed by atoms with Gasteiger partial charge in [0.05, 0.1) is 5.52 Å². The van der Waals surface area contributed by atoms with E-state index in [0.29, 0.717) is 17.6 Å². The fourth-order valence-electron chi connectivity index (χ4n) is 3.52. The lowest BCUT2D eigenvalue weighted by Crippen LogP contribution is -2.33. The number of pyridine rings is 1. The predicted octanol–water partition coefficient (Wildman–Crippen LogP) is 2.30. The molecule has 1 fully saturated rings. The SMILES string of the molecule is O=C(Cn1c(=O)oc2ccccc21)NCc1cccnc1N1CCCCC1. The molecule has 1 aliphatic rings. The van der Waals surface area contributed by atoms with E-state index in [1.54, 1.807) is 24.4 Å². The minimum absolute atomic E-state index is 0.0742. The second kappa shape index (κ2) is 7.65. The van der Waals surface area contributed by atoms with Crippen LogP contribution in [0.5, 0.6) is 0 Å². The number of benzene rings is 1. The molecule has 0 saturated carbocycles. The third kappa shape index (κ3) is 3.72. The van der Waals surface area contributed by atoms with Crippen molar-refractivity contribution in [1.29, 1.82) is 0 Å². The lowest BCUT2D eigenvalue weighted by atomic mass is 10.1. The molecular formula is C20H22N4O3. The van der Waals surface area contributed by atoms with Gasteiger partial charge in [-0.3, -0.25) is 9.36 Å². The van der Waals surface area contributed by atoms with Crippen LogP contribution in [0, 0.1) is 0 Å². The number of carbonyl (C=O) groups excluding carboxylic acids is 1. The molecule has 0 atom stereocenters. The van der Waals surface area contributed by atoms with Gasteiger partial charge in [0.15, 0.2) is 5.58 Å². The second-order valence-corrected chi connectivity index (χ2v) is 6.73. The van der Waals surface area contributed by atoms with E-state index < -0.39 is 5.76 Å². The molecule has 7 heteroatoms. The summed E-state index contributed by atoms with van der Waals surface area (Å²) in [7, 11) is 0. The van der Waals surface area contributed by atoms with Gasteiger partial charge in [-0.15, -0.1) is 0 Å². The van der Waals surface area contributed by atoms with E-state index in [2.05, 4.69) is 15.2 Å². The molecule has 1 N–H and O–H groups in total. The Bertz CT molecular complexity index is 1000. The van der Waals surface area contributed by atoms with Crippen molar-refractivity contribution in [3.63, 3.8) is 0 Å². The fourth-order valence-corrected chi connectivity index (χ4v) is 3.52. The molecular weight excluding hydrogens is 344 g/mol. The molecule has 0 aliphatic carbocycles. The number of amides is 1. The zero-order chi connectivity index (χ0) is 18.6. The minimum atomic E-state index is -0.526. The number of hydrogen-bond donors (Lipinski definition) is 1. The number of nitrogens with zero attached hydrogens (tertiary/aromatic N) is 3. The Morgan fingerprint density at radius 1 is 1.11 bits per heavy atom. The van der Waals surface area contributed by atoms with Crippen molar-refractivity contribution in [2.24, 2.45) is 0 Å². The highest BCUT2D eigenvalue weighted by Crippen LogP contribution is 2.21. The Labute approximate surface area is 156 Å². The highest BCUT2D eigenvalue weighted by molar-refractivity contribution is 5.79. The van der Waals surface area contributed by atoms with E-state index in [-0.39, 0.29) is 12.5 Å². The summed E-state index contributed by atoms with van der Waals surface area (Å²) in [5.41, 5.74) is 2.08. The van der Waals surface area contributed by atoms with Crippen molar-refractivity contribution < 1.29 is 9.21 Å². The van der Waals surface area contributed by atoms with Gasteiger partial charge in [-0.05, 0) is 37.5 Å². The zero-order valence-electron chi connectivity index (χ0n) is 15.1. The maximum atomic E-state index is 12.4. The smallest absolute Gasteiger partial charge is 0.408 e. The van der Waals surface area contributed by atoms with Crippen LogP contribution in [-0.2, 0) is 17.9 Å². The quantitative estimate of drug-likeness (QED) is 0.749. The molecule has 1 aromatic carbocycles. The molecule has 7 nitrogen and oxygen atoms in total. The van der Waals surface area contributed by atoms with Crippen molar-refractivity contribution in [3.05, 3.63) is 58.7 Å². The Balaban J connectivity index is 1.45. The van der Waals surface area contributed by atoms with Gasteiger partial charge in [0.2, 0.25) is 5.91 Å². The third-order valence-corrected chi connectivity index (χ3v) is 4.87. The molecule has 1 saturated heterocycles. The Morgan fingerprint density at radius 2 is 1.93 bits per heavy atom. The maximum absolute atomic E-state index is 12.4. The molecule has 27 heavy (non-hydrogen) atoms. The summed E-state index contributed by atoms with van der Waals surface area (Å²) in [6.45, 7) is 2.29. The van der Waals surface area contributed by atoms with Crippen molar-refractivity contribution in [2.45, 2.75) is 32.4 Å². The Kier molecular flexibility index (Phi) is 4.91. The van der Waals surface area contributed by atoms with Crippen molar-refractivity contribution in [1.82, 2.24) is 14.9 Å². The number of carbonyl (C=O) groups is 1. The van der Waals surface area contributed by atoms with Gasteiger partial charge in [0.1, 0.15) is 12.4 Å². The van der Waals surface area contributed by atoms with Crippen LogP contribution in [0.25, 0.3) is 11.1 Å². The first-order valence-electron chi connectivity index (χ1n) is 9.26. The number of para-hydroxylation sites is 2. The summed E-state index contributed by atoms with van der Waals surface area (Å²) >= 11 is 0. The van der Waals surface area contributed by atoms with Crippen LogP contribution >= 0.6 is 0 Å². The van der Waals surface area contributed by atoms with Crippen molar-refractivity contribution in [3.8, 4) is 0 Å². The van der Waals surface area contributed by atoms with Gasteiger partial charge in [0, 0.05) is 31.4 Å². The normalized spacial score (nSPS) is 14.4. The number of oxazole rings is 1. The summed E-state index contributed by atoms with van der Waals surface area (Å²) in [4.78, 5) is 31.2. The Hall–Kier alpha value is -3.09. The maximum Gasteiger partial charge on any atom is 0.420 e. The van der Waals surface area contributed by atoms with Crippen LogP contribution in [0.3, 0.4) is 0 Å². The Morgan fingerprint density at radius 3 is 2.78 bits per heavy atom. The molecule has 140 valence electrons. The molecule has 1 aliphatic heterocycles. The topological polar surface area (TPSA) is 80.4 Å². The fraction of sp³-hybridized carbons (Fsp3) is 0.350. The standard InChI is InChI=1S/C20H22N4O3/c25-18(14-24-16-8-2-3-9-17(16)27-20(24)26)22-13-15-7-6-10-21-19(15)23-11-4-1-5-12-23/h2-3,6-10H,1,4-5,11-14H2,(H,22,25). The molecule has 4 rings (SSSR count). The molecule has 0 spiro atoms. The lowest BCUT2D eigenvalue weighted by Gasteiger charge is -2.29. The largest absolute Gasteiger partial charge is 0.420 e. The predicted molar refractivity (Wildman–Crippen MR) is 103 cm³/mol. The average Bonchev–Trinajstić information content (AvgIpc) is 3.02. The van der Waals surface area contributed by atoms with Crippen LogP contribution in [0.2, 0.25) is 0 Å². The summed E-state index contributed by atoms with van der Waals surface area (Å²) < 4.78 is 6.52. The van der Waals surface area contributed by atoms with Crippen LogP contribution in [0.15, 0.2) is 51.8 Å². The molecule has 2 aromatic heterocycles. The van der Waals surface area contributed by atoms with Gasteiger partial charge in [-0.1, -0.05) is 18.2 Å². The van der Waals surface area contributed by atoms with Gasteiger partial charge in [0.25, 0.3) is 0 Å². The van der Waals surface area contributed by atoms with Gasteiger partial charge in [-0.2, -0.15) is 0 Å². The monoisotopic (exact) mass is 366 g/mol. The van der Waals surface area contributed by atoms with Crippen LogP contribution in [0.4, 0.5) is 5.82 Å². The van der Waals surface area contributed by atoms with Gasteiger partial charge >= 0.3 is 5.76 Å². The zero-order valence-corrected chi connectivity index (χ0v) is 15.1. The molecule has 0 bridgehead atoms. The van der Waals surface area contributed by atoms with Crippen LogP contribution in [0.1, 0.15) is 24.8 Å². The molecule has 1 amide bonds. The number of piperidine rings is 1. The van der Waals surface area contributed by atoms with E-state index in [0.717, 1.165) is 24.5 Å². The number of nitrogens with one attached hydrogen (secondary N) is 1. The highest BCUT2D eigenvalue weighted by atomic mass is 16.4. The third-order valence-electron chi connectivity index (χ3n) is 4.87. The van der Waals surface area contributed by atoms with E-state index in [1.165, 1.54) is 23.8 Å². The first kappa shape index (κ1) is 17.3. The number of anilines is 1. The highest BCUT2D eigenvalue weighted by Gasteiger charge is 2.17. The van der Waals surface area contributed by atoms with E-state index in [9.17, 15) is 9.59 Å². The van der Waals surface area contributed by atoms with Crippen LogP contribution < -0.4 is 16.0 Å². The number of rotatable bonds is 5. The van der Waals surface area contributed by atoms with Crippen LogP contribution in [-0.4, -0.2) is 28.5 Å². The van der Waals surface area contributed by atoms with Crippen molar-refractivity contribution in [2.75, 3.05) is 18.0 Å². The summed E-state index contributed by atoms with van der Waals surface area (Å²) in [5.74, 6) is 0.169. The minimum Gasteiger partial charge on any atom is -0.408 e. The first-order chi connectivity index (χ1) is 13.2. The van der Waals surface area contributed by atoms with E-state index in [4.69, 9.17) is 4.42 Å². The summed E-state index contributed by atoms with van der Waals surface area (Å²) in [5, 5.41) is 2.90. The summed E-state index contributed by atoms with van der Waals surface area (Å²) in [6, 6.07) is 10.9. The number of aromatic nitrogens is 2. The summed E-state index contributed by atoms with van der Waals surface area (Å²) in [6.07, 6.45) is 5.37. The first-order valence-corrected chi connectivity index (χ1v) is 9.26. The lowest BCUT2D eigenvalue weighted by molar-refractivity contribution is -0.121.